The van der Waals surface area contributed by atoms with Crippen LogP contribution in [-0.2, 0) is 31.0 Å². The van der Waals surface area contributed by atoms with Crippen LogP contribution in [0.5, 0.6) is 0 Å². The van der Waals surface area contributed by atoms with Crippen LogP contribution in [0.3, 0.4) is 0 Å². The summed E-state index contributed by atoms with van der Waals surface area (Å²) in [5, 5.41) is 15.2. The van der Waals surface area contributed by atoms with E-state index in [4.69, 9.17) is 15.2 Å². The molecule has 1 aromatic carbocycles. The van der Waals surface area contributed by atoms with Crippen LogP contribution < -0.4 is 31.9 Å². The first-order valence-corrected chi connectivity index (χ1v) is 24.3. The molecule has 4 aliphatic rings. The molecule has 0 spiro atoms. The summed E-state index contributed by atoms with van der Waals surface area (Å²) in [5.74, 6) is 1.43. The van der Waals surface area contributed by atoms with Crippen LogP contribution in [0.1, 0.15) is 124 Å². The molecule has 18 nitrogen and oxygen atoms in total. The number of benzene rings is 1. The average Bonchev–Trinajstić information content (AvgIpc) is 3.98. The number of anilines is 3. The Hall–Kier alpha value is -6.95. The zero-order valence-corrected chi connectivity index (χ0v) is 39.6. The molecule has 69 heavy (non-hydrogen) atoms. The van der Waals surface area contributed by atoms with E-state index in [1.165, 1.54) is 0 Å². The van der Waals surface area contributed by atoms with Gasteiger partial charge in [0.2, 0.25) is 23.6 Å². The third kappa shape index (κ3) is 11.2. The molecule has 2 bridgehead atoms. The molecule has 3 aliphatic heterocycles. The van der Waals surface area contributed by atoms with E-state index < -0.39 is 17.9 Å². The number of nitrogen functional groups attached to an aromatic ring is 1. The number of pyridine rings is 1. The van der Waals surface area contributed by atoms with E-state index >= 15 is 0 Å². The number of hydrogen-bond acceptors (Lipinski definition) is 13. The number of nitrogens with two attached hydrogens (primary N) is 1. The lowest BCUT2D eigenvalue weighted by atomic mass is 9.85. The lowest BCUT2D eigenvalue weighted by molar-refractivity contribution is -0.134. The molecular formula is C51H62N12O6. The van der Waals surface area contributed by atoms with Crippen molar-refractivity contribution >= 4 is 58.5 Å². The number of rotatable bonds is 9. The Labute approximate surface area is 401 Å². The second kappa shape index (κ2) is 20.3. The van der Waals surface area contributed by atoms with Crippen molar-refractivity contribution in [3.63, 3.8) is 0 Å². The van der Waals surface area contributed by atoms with Gasteiger partial charge in [-0.2, -0.15) is 0 Å². The topological polar surface area (TPSA) is 235 Å². The van der Waals surface area contributed by atoms with Crippen molar-refractivity contribution in [2.24, 2.45) is 5.92 Å². The fourth-order valence-electron chi connectivity index (χ4n) is 10.0. The number of imidazole rings is 1. The van der Waals surface area contributed by atoms with Crippen molar-refractivity contribution in [1.82, 2.24) is 45.4 Å². The molecule has 6 N–H and O–H groups in total. The number of carbonyl (C=O) groups is 5. The Bertz CT molecular complexity index is 2730. The Morgan fingerprint density at radius 3 is 2.48 bits per heavy atom. The number of amides is 5. The maximum atomic E-state index is 13.9. The highest BCUT2D eigenvalue weighted by atomic mass is 16.5. The summed E-state index contributed by atoms with van der Waals surface area (Å²) in [6.45, 7) is 9.67. The number of aromatic nitrogens is 5. The van der Waals surface area contributed by atoms with Gasteiger partial charge < -0.3 is 31.1 Å². The van der Waals surface area contributed by atoms with Gasteiger partial charge in [0.1, 0.15) is 40.3 Å². The average molecular weight is 939 g/mol. The third-order valence-corrected chi connectivity index (χ3v) is 13.8. The van der Waals surface area contributed by atoms with Crippen LogP contribution in [0.15, 0.2) is 65.5 Å². The summed E-state index contributed by atoms with van der Waals surface area (Å²) in [6.07, 6.45) is 15.5. The predicted octanol–water partition coefficient (Wildman–Crippen LogP) is 5.54. The van der Waals surface area contributed by atoms with Gasteiger partial charge >= 0.3 is 0 Å². The monoisotopic (exact) mass is 938 g/mol. The second-order valence-electron chi connectivity index (χ2n) is 20.0. The maximum Gasteiger partial charge on any atom is 0.270 e. The molecule has 362 valence electrons. The highest BCUT2D eigenvalue weighted by molar-refractivity contribution is 6.03. The van der Waals surface area contributed by atoms with Crippen LogP contribution in [0.25, 0.3) is 22.9 Å². The van der Waals surface area contributed by atoms with Crippen LogP contribution in [0.2, 0.25) is 0 Å². The van der Waals surface area contributed by atoms with Gasteiger partial charge in [-0.1, -0.05) is 62.7 Å². The normalized spacial score (nSPS) is 21.5. The van der Waals surface area contributed by atoms with E-state index in [9.17, 15) is 24.0 Å². The smallest absolute Gasteiger partial charge is 0.270 e. The lowest BCUT2D eigenvalue weighted by Gasteiger charge is -2.36. The molecule has 18 heteroatoms. The quantitative estimate of drug-likeness (QED) is 0.114. The van der Waals surface area contributed by atoms with Gasteiger partial charge in [-0.25, -0.2) is 15.0 Å². The highest BCUT2D eigenvalue weighted by Crippen LogP contribution is 2.38. The van der Waals surface area contributed by atoms with Crippen molar-refractivity contribution in [1.29, 1.82) is 0 Å². The third-order valence-electron chi connectivity index (χ3n) is 13.8. The molecule has 5 aromatic rings. The minimum atomic E-state index is -0.759. The molecular weight excluding hydrogens is 877 g/mol. The summed E-state index contributed by atoms with van der Waals surface area (Å²) in [6, 6.07) is 12.4. The van der Waals surface area contributed by atoms with Crippen molar-refractivity contribution in [3.8, 4) is 11.3 Å². The van der Waals surface area contributed by atoms with Gasteiger partial charge in [-0.15, -0.1) is 0 Å². The Kier molecular flexibility index (Phi) is 13.9. The number of nitrogens with zero attached hydrogens (tertiary/aromatic N) is 7. The summed E-state index contributed by atoms with van der Waals surface area (Å²) < 4.78 is 7.59. The molecule has 1 saturated carbocycles. The van der Waals surface area contributed by atoms with Crippen LogP contribution in [-0.4, -0.2) is 104 Å². The van der Waals surface area contributed by atoms with Gasteiger partial charge in [-0.3, -0.25) is 38.6 Å². The lowest BCUT2D eigenvalue weighted by Crippen LogP contribution is -2.52. The summed E-state index contributed by atoms with van der Waals surface area (Å²) in [5.41, 5.74) is 11.7. The van der Waals surface area contributed by atoms with Gasteiger partial charge in [0, 0.05) is 55.1 Å². The zero-order chi connectivity index (χ0) is 48.2. The van der Waals surface area contributed by atoms with Crippen molar-refractivity contribution < 1.29 is 28.5 Å². The molecule has 3 fully saturated rings. The van der Waals surface area contributed by atoms with Gasteiger partial charge in [-0.05, 0) is 87.6 Å². The van der Waals surface area contributed by atoms with Crippen molar-refractivity contribution in [2.75, 3.05) is 48.7 Å². The van der Waals surface area contributed by atoms with E-state index in [0.717, 1.165) is 117 Å². The van der Waals surface area contributed by atoms with Crippen LogP contribution in [0, 0.1) is 5.92 Å². The molecule has 0 radical (unpaired) electrons. The molecule has 9 rings (SSSR count). The fraction of sp³-hybridized carbons (Fsp3) is 0.471. The number of nitrogens with one attached hydrogen (secondary N) is 4. The molecule has 4 aromatic heterocycles. The summed E-state index contributed by atoms with van der Waals surface area (Å²) in [7, 11) is 0. The SMILES string of the molecule is CC(C)(C)c1cc(NC(=O)Cc2ccc(-c3nc4n5c(cnc(N)c35)/C=C/CCCN(CC3CCN(c5ccc(C(=O)NC6CCC(=O)NC6=O)nc5)CC3)CC(=O)N[C@@H]3CCC[C@@H]4C3)cc2)no1. The molecule has 3 atom stereocenters. The number of hydrogen-bond donors (Lipinski definition) is 5. The number of piperidine rings is 2. The van der Waals surface area contributed by atoms with Gasteiger partial charge in [0.15, 0.2) is 5.82 Å². The van der Waals surface area contributed by atoms with Crippen LogP contribution in [0.4, 0.5) is 17.3 Å². The van der Waals surface area contributed by atoms with E-state index in [-0.39, 0.29) is 60.1 Å². The van der Waals surface area contributed by atoms with E-state index in [1.807, 2.05) is 57.3 Å². The summed E-state index contributed by atoms with van der Waals surface area (Å²) in [4.78, 5) is 82.2. The van der Waals surface area contributed by atoms with Gasteiger partial charge in [0.05, 0.1) is 36.7 Å². The standard InChI is InChI=1S/C51H62N12O6/c1-51(2,3)40-26-41(60-69-40)57-43(65)24-31-11-13-33(14-12-31)45-46-47(52)54-28-37-10-5-4-6-21-61(30-44(66)55-35-9-7-8-34(25-35)48(59-45)63(37)46)29-32-19-22-62(23-20-32)36-15-16-38(53-27-36)49(67)56-39-17-18-42(64)58-50(39)68/h5,10-16,26-28,32,34-35,39H,4,6-9,17-25,29-30H2,1-3H3,(H2,52,54)(H,55,66)(H,56,67)(H,57,60,65)(H,58,64,68)/b10-5+/t34-,35-,39?/m1/s1. The summed E-state index contributed by atoms with van der Waals surface area (Å²) >= 11 is 0. The predicted molar refractivity (Wildman–Crippen MR) is 261 cm³/mol. The minimum Gasteiger partial charge on any atom is -0.382 e. The van der Waals surface area contributed by atoms with Gasteiger partial charge in [0.25, 0.3) is 5.91 Å². The first-order chi connectivity index (χ1) is 33.2. The number of carbonyl (C=O) groups excluding carboxylic acids is 5. The number of fused-ring (bicyclic) bond motifs is 3. The zero-order valence-electron chi connectivity index (χ0n) is 39.6. The maximum absolute atomic E-state index is 13.9. The first-order valence-electron chi connectivity index (χ1n) is 24.3. The molecule has 5 amide bonds. The Morgan fingerprint density at radius 2 is 1.74 bits per heavy atom. The Morgan fingerprint density at radius 1 is 0.928 bits per heavy atom. The molecule has 1 unspecified atom stereocenters. The molecule has 1 aliphatic carbocycles. The number of allylic oxidation sites excluding steroid dienone is 1. The van der Waals surface area contributed by atoms with Crippen molar-refractivity contribution in [2.45, 2.75) is 115 Å². The fourth-order valence-corrected chi connectivity index (χ4v) is 10.0. The highest BCUT2D eigenvalue weighted by Gasteiger charge is 2.32. The second-order valence-corrected chi connectivity index (χ2v) is 20.0. The molecule has 2 saturated heterocycles. The van der Waals surface area contributed by atoms with E-state index in [1.54, 1.807) is 18.3 Å². The van der Waals surface area contributed by atoms with E-state index in [0.29, 0.717) is 29.9 Å². The van der Waals surface area contributed by atoms with Crippen LogP contribution >= 0.6 is 0 Å². The molecule has 7 heterocycles. The largest absolute Gasteiger partial charge is 0.382 e. The minimum absolute atomic E-state index is 0.00618. The Balaban J connectivity index is 0.844. The van der Waals surface area contributed by atoms with E-state index in [2.05, 4.69) is 62.7 Å². The first kappa shape index (κ1) is 47.1. The van der Waals surface area contributed by atoms with Crippen molar-refractivity contribution in [3.05, 3.63) is 89.5 Å². The number of imide groups is 1.